The molecule has 0 atom stereocenters. The van der Waals surface area contributed by atoms with E-state index in [4.69, 9.17) is 10.2 Å². The predicted octanol–water partition coefficient (Wildman–Crippen LogP) is 0.252. The molecule has 0 spiro atoms. The van der Waals surface area contributed by atoms with Gasteiger partial charge in [0.2, 0.25) is 0 Å². The third-order valence-electron chi connectivity index (χ3n) is 1.35. The highest BCUT2D eigenvalue weighted by Gasteiger charge is 2.02. The van der Waals surface area contributed by atoms with Crippen LogP contribution >= 0.6 is 0 Å². The maximum absolute atomic E-state index is 5.21. The Morgan fingerprint density at radius 3 is 3.00 bits per heavy atom. The first-order chi connectivity index (χ1) is 6.34. The third-order valence-corrected chi connectivity index (χ3v) is 1.35. The zero-order valence-corrected chi connectivity index (χ0v) is 6.60. The first-order valence-electron chi connectivity index (χ1n) is 3.57. The normalized spacial score (nSPS) is 10.2. The van der Waals surface area contributed by atoms with E-state index in [0.717, 1.165) is 5.69 Å². The third kappa shape index (κ3) is 1.75. The zero-order chi connectivity index (χ0) is 9.10. The first kappa shape index (κ1) is 7.59. The van der Waals surface area contributed by atoms with E-state index in [2.05, 4.69) is 25.2 Å². The molecule has 0 aliphatic heterocycles. The second kappa shape index (κ2) is 3.13. The van der Waals surface area contributed by atoms with Gasteiger partial charge in [0.1, 0.15) is 12.0 Å². The molecule has 2 aromatic heterocycles. The summed E-state index contributed by atoms with van der Waals surface area (Å²) in [4.78, 5) is 0. The van der Waals surface area contributed by atoms with Crippen LogP contribution in [0.2, 0.25) is 0 Å². The van der Waals surface area contributed by atoms with E-state index < -0.39 is 0 Å². The summed E-state index contributed by atoms with van der Waals surface area (Å²) in [7, 11) is 0. The van der Waals surface area contributed by atoms with Crippen molar-refractivity contribution in [1.29, 1.82) is 0 Å². The predicted molar refractivity (Wildman–Crippen MR) is 42.5 cm³/mol. The number of nitrogens with two attached hydrogens (primary N) is 1. The standard InChI is InChI=1S/C6H7N5O2/c7-5-9-10-6(13-5)8-3-4-1-2-12-11-4/h1-2H,3H2,(H2,7,9)(H,8,10). The molecule has 0 radical (unpaired) electrons. The lowest BCUT2D eigenvalue weighted by molar-refractivity contribution is 0.412. The fourth-order valence-corrected chi connectivity index (χ4v) is 0.801. The molecule has 0 fully saturated rings. The van der Waals surface area contributed by atoms with E-state index in [-0.39, 0.29) is 12.0 Å². The molecule has 0 bridgehead atoms. The fourth-order valence-electron chi connectivity index (χ4n) is 0.801. The minimum atomic E-state index is 0.0302. The Morgan fingerprint density at radius 1 is 1.46 bits per heavy atom. The molecule has 0 saturated carbocycles. The summed E-state index contributed by atoms with van der Waals surface area (Å²) in [5, 5.41) is 13.6. The second-order valence-electron chi connectivity index (χ2n) is 2.29. The van der Waals surface area contributed by atoms with Crippen LogP contribution in [0.4, 0.5) is 12.0 Å². The van der Waals surface area contributed by atoms with E-state index in [1.165, 1.54) is 6.26 Å². The van der Waals surface area contributed by atoms with Crippen molar-refractivity contribution in [2.24, 2.45) is 0 Å². The molecule has 2 aromatic rings. The maximum Gasteiger partial charge on any atom is 0.317 e. The maximum atomic E-state index is 5.21. The van der Waals surface area contributed by atoms with E-state index >= 15 is 0 Å². The van der Waals surface area contributed by atoms with Gasteiger partial charge in [-0.2, -0.15) is 0 Å². The van der Waals surface area contributed by atoms with E-state index in [0.29, 0.717) is 6.54 Å². The Hall–Kier alpha value is -2.05. The van der Waals surface area contributed by atoms with Gasteiger partial charge in [-0.05, 0) is 0 Å². The molecule has 7 heteroatoms. The van der Waals surface area contributed by atoms with Gasteiger partial charge in [0, 0.05) is 6.07 Å². The minimum Gasteiger partial charge on any atom is -0.390 e. The zero-order valence-electron chi connectivity index (χ0n) is 6.60. The molecule has 0 saturated heterocycles. The SMILES string of the molecule is Nc1nnc(NCc2ccon2)o1. The van der Waals surface area contributed by atoms with Gasteiger partial charge in [0.15, 0.2) is 0 Å². The molecule has 0 aromatic carbocycles. The molecule has 2 heterocycles. The van der Waals surface area contributed by atoms with Gasteiger partial charge in [0.05, 0.1) is 6.54 Å². The fraction of sp³-hybridized carbons (Fsp3) is 0.167. The lowest BCUT2D eigenvalue weighted by atomic mass is 10.4. The Kier molecular flexibility index (Phi) is 1.83. The van der Waals surface area contributed by atoms with Crippen LogP contribution in [0.5, 0.6) is 0 Å². The molecule has 3 N–H and O–H groups in total. The van der Waals surface area contributed by atoms with Crippen molar-refractivity contribution in [3.05, 3.63) is 18.0 Å². The number of nitrogen functional groups attached to an aromatic ring is 1. The van der Waals surface area contributed by atoms with Gasteiger partial charge in [0.25, 0.3) is 0 Å². The van der Waals surface area contributed by atoms with Crippen molar-refractivity contribution < 1.29 is 8.94 Å². The molecular formula is C6H7N5O2. The Balaban J connectivity index is 1.93. The van der Waals surface area contributed by atoms with Crippen molar-refractivity contribution in [2.45, 2.75) is 6.54 Å². The quantitative estimate of drug-likeness (QED) is 0.699. The lowest BCUT2D eigenvalue weighted by Gasteiger charge is -1.94. The van der Waals surface area contributed by atoms with Crippen molar-refractivity contribution in [3.63, 3.8) is 0 Å². The van der Waals surface area contributed by atoms with E-state index in [1.54, 1.807) is 6.07 Å². The molecule has 13 heavy (non-hydrogen) atoms. The van der Waals surface area contributed by atoms with Crippen molar-refractivity contribution in [1.82, 2.24) is 15.4 Å². The Morgan fingerprint density at radius 2 is 2.38 bits per heavy atom. The van der Waals surface area contributed by atoms with Crippen LogP contribution in [0.15, 0.2) is 21.3 Å². The van der Waals surface area contributed by atoms with E-state index in [1.807, 2.05) is 0 Å². The van der Waals surface area contributed by atoms with Crippen molar-refractivity contribution in [3.8, 4) is 0 Å². The van der Waals surface area contributed by atoms with Gasteiger partial charge in [-0.15, -0.1) is 0 Å². The smallest absolute Gasteiger partial charge is 0.317 e. The summed E-state index contributed by atoms with van der Waals surface area (Å²) in [6.07, 6.45) is 1.49. The highest BCUT2D eigenvalue weighted by Crippen LogP contribution is 2.07. The number of hydrogen-bond donors (Lipinski definition) is 2. The van der Waals surface area contributed by atoms with Gasteiger partial charge in [-0.3, -0.25) is 0 Å². The number of anilines is 2. The number of hydrogen-bond acceptors (Lipinski definition) is 7. The molecule has 0 unspecified atom stereocenters. The summed E-state index contributed by atoms with van der Waals surface area (Å²) in [5.41, 5.74) is 5.96. The highest BCUT2D eigenvalue weighted by molar-refractivity contribution is 5.23. The van der Waals surface area contributed by atoms with Crippen molar-refractivity contribution in [2.75, 3.05) is 11.1 Å². The van der Waals surface area contributed by atoms with Crippen LogP contribution in [0.3, 0.4) is 0 Å². The van der Waals surface area contributed by atoms with Gasteiger partial charge < -0.3 is 20.0 Å². The summed E-state index contributed by atoms with van der Waals surface area (Å²) in [6.45, 7) is 0.456. The average Bonchev–Trinajstić information content (AvgIpc) is 2.71. The molecule has 68 valence electrons. The summed E-state index contributed by atoms with van der Waals surface area (Å²) < 4.78 is 9.49. The average molecular weight is 181 g/mol. The van der Waals surface area contributed by atoms with Crippen LogP contribution in [-0.2, 0) is 6.54 Å². The van der Waals surface area contributed by atoms with Gasteiger partial charge in [-0.25, -0.2) is 0 Å². The minimum absolute atomic E-state index is 0.0302. The first-order valence-corrected chi connectivity index (χ1v) is 3.57. The summed E-state index contributed by atoms with van der Waals surface area (Å²) in [6, 6.07) is 2.02. The van der Waals surface area contributed by atoms with E-state index in [9.17, 15) is 0 Å². The number of nitrogens with zero attached hydrogens (tertiary/aromatic N) is 3. The second-order valence-corrected chi connectivity index (χ2v) is 2.29. The lowest BCUT2D eigenvalue weighted by Crippen LogP contribution is -1.99. The number of aromatic nitrogens is 3. The number of nitrogens with one attached hydrogen (secondary N) is 1. The van der Waals surface area contributed by atoms with Gasteiger partial charge in [-0.1, -0.05) is 15.4 Å². The van der Waals surface area contributed by atoms with Crippen LogP contribution in [0.1, 0.15) is 5.69 Å². The number of rotatable bonds is 3. The molecule has 2 rings (SSSR count). The van der Waals surface area contributed by atoms with Crippen LogP contribution in [-0.4, -0.2) is 15.4 Å². The Bertz CT molecular complexity index is 368. The Labute approximate surface area is 72.9 Å². The van der Waals surface area contributed by atoms with Crippen molar-refractivity contribution >= 4 is 12.0 Å². The summed E-state index contributed by atoms with van der Waals surface area (Å²) in [5.74, 6) is 0. The van der Waals surface area contributed by atoms with Crippen LogP contribution in [0.25, 0.3) is 0 Å². The molecule has 7 nitrogen and oxygen atoms in total. The van der Waals surface area contributed by atoms with Crippen LogP contribution < -0.4 is 11.1 Å². The molecular weight excluding hydrogens is 174 g/mol. The molecule has 0 amide bonds. The van der Waals surface area contributed by atoms with Gasteiger partial charge >= 0.3 is 12.0 Å². The monoisotopic (exact) mass is 181 g/mol. The summed E-state index contributed by atoms with van der Waals surface area (Å²) >= 11 is 0. The molecule has 0 aliphatic carbocycles. The molecule has 0 aliphatic rings. The highest BCUT2D eigenvalue weighted by atomic mass is 16.5. The largest absolute Gasteiger partial charge is 0.390 e. The van der Waals surface area contributed by atoms with Crippen LogP contribution in [0, 0.1) is 0 Å². The topological polar surface area (TPSA) is 103 Å².